The fraction of sp³-hybridized carbons (Fsp3) is 0.364. The van der Waals surface area contributed by atoms with Gasteiger partial charge in [-0.2, -0.15) is 5.10 Å². The van der Waals surface area contributed by atoms with Gasteiger partial charge in [0.25, 0.3) is 0 Å². The van der Waals surface area contributed by atoms with E-state index in [1.54, 1.807) is 25.4 Å². The lowest BCUT2D eigenvalue weighted by Gasteiger charge is -2.22. The van der Waals surface area contributed by atoms with Gasteiger partial charge in [0.15, 0.2) is 11.6 Å². The van der Waals surface area contributed by atoms with Crippen LogP contribution in [-0.4, -0.2) is 33.0 Å². The number of piperidine rings is 1. The van der Waals surface area contributed by atoms with Crippen LogP contribution < -0.4 is 15.8 Å². The maximum Gasteiger partial charge on any atom is 0.166 e. The van der Waals surface area contributed by atoms with Crippen molar-refractivity contribution in [2.24, 2.45) is 0 Å². The van der Waals surface area contributed by atoms with Gasteiger partial charge in [-0.1, -0.05) is 17.7 Å². The summed E-state index contributed by atoms with van der Waals surface area (Å²) in [5, 5.41) is 17.4. The van der Waals surface area contributed by atoms with Crippen molar-refractivity contribution < 1.29 is 14.2 Å². The second-order valence-corrected chi connectivity index (χ2v) is 8.03. The van der Waals surface area contributed by atoms with Crippen LogP contribution in [0.1, 0.15) is 43.0 Å². The average molecular weight is 446 g/mol. The molecule has 0 aliphatic carbocycles. The highest BCUT2D eigenvalue weighted by Gasteiger charge is 2.21. The second kappa shape index (κ2) is 9.21. The molecule has 1 unspecified atom stereocenters. The summed E-state index contributed by atoms with van der Waals surface area (Å²) in [6.07, 6.45) is 6.90. The summed E-state index contributed by atoms with van der Waals surface area (Å²) in [5.74, 6) is -0.0160. The van der Waals surface area contributed by atoms with Crippen LogP contribution in [0.15, 0.2) is 36.8 Å². The number of aliphatic hydroxyl groups excluding tert-OH is 1. The van der Waals surface area contributed by atoms with Crippen LogP contribution in [0.3, 0.4) is 0 Å². The number of rotatable bonds is 6. The number of hydrogen-bond acceptors (Lipinski definition) is 6. The third kappa shape index (κ3) is 4.51. The topological polar surface area (TPSA) is 98.2 Å². The number of anilines is 1. The first-order chi connectivity index (χ1) is 15.0. The zero-order valence-corrected chi connectivity index (χ0v) is 17.9. The molecule has 2 aromatic heterocycles. The Bertz CT molecular complexity index is 1070. The standard InChI is InChI=1S/C22H25ClFN5O2/c1-13(20-14(12-30)2-3-18(24)21(20)23)31-19-8-15(9-27-22(19)25)16-10-28-29(11-16)17-4-6-26-7-5-17/h2-3,8-11,13,17,26,30H,4-7,12H2,1H3,(H2,25,27). The van der Waals surface area contributed by atoms with Crippen molar-refractivity contribution in [2.45, 2.75) is 38.5 Å². The summed E-state index contributed by atoms with van der Waals surface area (Å²) < 4.78 is 22.0. The number of benzene rings is 1. The molecule has 31 heavy (non-hydrogen) atoms. The molecule has 4 N–H and O–H groups in total. The van der Waals surface area contributed by atoms with Crippen LogP contribution in [0.25, 0.3) is 11.1 Å². The van der Waals surface area contributed by atoms with Crippen molar-refractivity contribution in [3.8, 4) is 16.9 Å². The molecule has 1 aromatic carbocycles. The SMILES string of the molecule is CC(Oc1cc(-c2cnn(C3CCNCC3)c2)cnc1N)c1c(CO)ccc(F)c1Cl. The van der Waals surface area contributed by atoms with Crippen molar-refractivity contribution in [3.05, 3.63) is 58.8 Å². The number of nitrogen functional groups attached to an aromatic ring is 1. The lowest BCUT2D eigenvalue weighted by Crippen LogP contribution is -2.29. The molecule has 0 bridgehead atoms. The summed E-state index contributed by atoms with van der Waals surface area (Å²) in [4.78, 5) is 4.26. The maximum atomic E-state index is 14.0. The first-order valence-corrected chi connectivity index (χ1v) is 10.6. The summed E-state index contributed by atoms with van der Waals surface area (Å²) >= 11 is 6.15. The number of pyridine rings is 1. The summed E-state index contributed by atoms with van der Waals surface area (Å²) in [7, 11) is 0. The van der Waals surface area contributed by atoms with Gasteiger partial charge in [-0.15, -0.1) is 0 Å². The van der Waals surface area contributed by atoms with E-state index in [0.717, 1.165) is 37.1 Å². The van der Waals surface area contributed by atoms with E-state index in [1.807, 2.05) is 10.9 Å². The summed E-state index contributed by atoms with van der Waals surface area (Å²) in [6, 6.07) is 4.87. The van der Waals surface area contributed by atoms with E-state index < -0.39 is 11.9 Å². The Morgan fingerprint density at radius 2 is 2.10 bits per heavy atom. The quantitative estimate of drug-likeness (QED) is 0.532. The van der Waals surface area contributed by atoms with Crippen LogP contribution >= 0.6 is 11.6 Å². The van der Waals surface area contributed by atoms with E-state index in [9.17, 15) is 9.50 Å². The minimum absolute atomic E-state index is 0.0787. The van der Waals surface area contributed by atoms with E-state index in [4.69, 9.17) is 22.1 Å². The Balaban J connectivity index is 1.59. The zero-order chi connectivity index (χ0) is 22.0. The van der Waals surface area contributed by atoms with E-state index in [0.29, 0.717) is 22.9 Å². The van der Waals surface area contributed by atoms with Crippen LogP contribution in [0.5, 0.6) is 5.75 Å². The van der Waals surface area contributed by atoms with E-state index in [1.165, 1.54) is 12.1 Å². The molecule has 164 valence electrons. The van der Waals surface area contributed by atoms with E-state index in [-0.39, 0.29) is 17.4 Å². The largest absolute Gasteiger partial charge is 0.482 e. The number of ether oxygens (including phenoxy) is 1. The number of aliphatic hydroxyl groups is 1. The smallest absolute Gasteiger partial charge is 0.166 e. The lowest BCUT2D eigenvalue weighted by atomic mass is 10.0. The molecule has 0 radical (unpaired) electrons. The molecule has 1 aliphatic heterocycles. The number of aromatic nitrogens is 3. The molecule has 3 aromatic rings. The number of nitrogens with zero attached hydrogens (tertiary/aromatic N) is 3. The fourth-order valence-corrected chi connectivity index (χ4v) is 4.24. The first-order valence-electron chi connectivity index (χ1n) is 10.2. The van der Waals surface area contributed by atoms with Gasteiger partial charge in [0.05, 0.1) is 23.9 Å². The molecule has 7 nitrogen and oxygen atoms in total. The number of hydrogen-bond donors (Lipinski definition) is 3. The van der Waals surface area contributed by atoms with Gasteiger partial charge in [-0.25, -0.2) is 9.37 Å². The molecule has 3 heterocycles. The monoisotopic (exact) mass is 445 g/mol. The van der Waals surface area contributed by atoms with Crippen molar-refractivity contribution in [3.63, 3.8) is 0 Å². The van der Waals surface area contributed by atoms with Crippen molar-refractivity contribution in [1.82, 2.24) is 20.1 Å². The van der Waals surface area contributed by atoms with Gasteiger partial charge in [0.1, 0.15) is 11.9 Å². The van der Waals surface area contributed by atoms with Gasteiger partial charge >= 0.3 is 0 Å². The van der Waals surface area contributed by atoms with Crippen LogP contribution in [-0.2, 0) is 6.61 Å². The van der Waals surface area contributed by atoms with Gasteiger partial charge < -0.3 is 20.9 Å². The molecule has 0 amide bonds. The molecule has 4 rings (SSSR count). The highest BCUT2D eigenvalue weighted by molar-refractivity contribution is 6.31. The Kier molecular flexibility index (Phi) is 6.41. The van der Waals surface area contributed by atoms with Crippen LogP contribution in [0.4, 0.5) is 10.2 Å². The molecular formula is C22H25ClFN5O2. The fourth-order valence-electron chi connectivity index (χ4n) is 3.90. The van der Waals surface area contributed by atoms with Crippen molar-refractivity contribution >= 4 is 17.4 Å². The number of halogens is 2. The van der Waals surface area contributed by atoms with Gasteiger partial charge in [0.2, 0.25) is 0 Å². The summed E-state index contributed by atoms with van der Waals surface area (Å²) in [5.41, 5.74) is 8.62. The molecule has 1 fully saturated rings. The Morgan fingerprint density at radius 1 is 1.32 bits per heavy atom. The molecular weight excluding hydrogens is 421 g/mol. The van der Waals surface area contributed by atoms with Crippen LogP contribution in [0.2, 0.25) is 5.02 Å². The van der Waals surface area contributed by atoms with Gasteiger partial charge in [-0.3, -0.25) is 4.68 Å². The van der Waals surface area contributed by atoms with Crippen molar-refractivity contribution in [1.29, 1.82) is 0 Å². The predicted molar refractivity (Wildman–Crippen MR) is 117 cm³/mol. The van der Waals surface area contributed by atoms with Crippen molar-refractivity contribution in [2.75, 3.05) is 18.8 Å². The zero-order valence-electron chi connectivity index (χ0n) is 17.2. The maximum absolute atomic E-state index is 14.0. The lowest BCUT2D eigenvalue weighted by molar-refractivity contribution is 0.219. The van der Waals surface area contributed by atoms with E-state index in [2.05, 4.69) is 15.4 Å². The Hall–Kier alpha value is -2.68. The third-order valence-corrected chi connectivity index (χ3v) is 5.99. The molecule has 0 saturated carbocycles. The highest BCUT2D eigenvalue weighted by atomic mass is 35.5. The number of nitrogens with one attached hydrogen (secondary N) is 1. The van der Waals surface area contributed by atoms with Crippen LogP contribution in [0, 0.1) is 5.82 Å². The van der Waals surface area contributed by atoms with E-state index >= 15 is 0 Å². The molecule has 0 spiro atoms. The molecule has 1 atom stereocenters. The minimum atomic E-state index is -0.651. The molecule has 9 heteroatoms. The predicted octanol–water partition coefficient (Wildman–Crippen LogP) is 3.88. The Morgan fingerprint density at radius 3 is 2.84 bits per heavy atom. The summed E-state index contributed by atoms with van der Waals surface area (Å²) in [6.45, 7) is 3.41. The third-order valence-electron chi connectivity index (χ3n) is 5.60. The molecule has 1 aliphatic rings. The Labute approximate surface area is 185 Å². The normalized spacial score (nSPS) is 15.7. The number of nitrogens with two attached hydrogens (primary N) is 1. The highest BCUT2D eigenvalue weighted by Crippen LogP contribution is 2.35. The van der Waals surface area contributed by atoms with Gasteiger partial charge in [-0.05, 0) is 50.6 Å². The first kappa shape index (κ1) is 21.5. The van der Waals surface area contributed by atoms with Gasteiger partial charge in [0, 0.05) is 29.1 Å². The minimum Gasteiger partial charge on any atom is -0.482 e. The molecule has 1 saturated heterocycles. The second-order valence-electron chi connectivity index (χ2n) is 7.65. The average Bonchev–Trinajstić information content (AvgIpc) is 3.28.